The topological polar surface area (TPSA) is 83.5 Å². The number of nitrogens with zero attached hydrogens (tertiary/aromatic N) is 6. The van der Waals surface area contributed by atoms with Crippen molar-refractivity contribution in [3.63, 3.8) is 0 Å². The fourth-order valence-corrected chi connectivity index (χ4v) is 6.71. The zero-order valence-electron chi connectivity index (χ0n) is 24.7. The Hall–Kier alpha value is -3.27. The van der Waals surface area contributed by atoms with Crippen LogP contribution in [0.4, 0.5) is 16.2 Å². The lowest BCUT2D eigenvalue weighted by molar-refractivity contribution is 0.0274. The van der Waals surface area contributed by atoms with Gasteiger partial charge in [-0.1, -0.05) is 12.1 Å². The molecule has 6 rings (SSSR count). The van der Waals surface area contributed by atoms with Gasteiger partial charge in [0.25, 0.3) is 0 Å². The van der Waals surface area contributed by atoms with E-state index in [0.717, 1.165) is 57.2 Å². The van der Waals surface area contributed by atoms with E-state index in [1.807, 2.05) is 33.0 Å². The van der Waals surface area contributed by atoms with Gasteiger partial charge in [0, 0.05) is 57.3 Å². The van der Waals surface area contributed by atoms with Crippen molar-refractivity contribution in [1.29, 1.82) is 0 Å². The number of hydrogen-bond donors (Lipinski definition) is 0. The minimum Gasteiger partial charge on any atom is -0.490 e. The molecule has 1 aromatic heterocycles. The van der Waals surface area contributed by atoms with Crippen LogP contribution in [0.15, 0.2) is 36.5 Å². The molecule has 1 amide bonds. The van der Waals surface area contributed by atoms with E-state index in [1.165, 1.54) is 31.4 Å². The maximum atomic E-state index is 12.4. The Labute approximate surface area is 243 Å². The summed E-state index contributed by atoms with van der Waals surface area (Å²) >= 11 is 0. The first-order valence-corrected chi connectivity index (χ1v) is 15.3. The van der Waals surface area contributed by atoms with Crippen molar-refractivity contribution < 1.29 is 19.0 Å². The summed E-state index contributed by atoms with van der Waals surface area (Å²) in [5, 5.41) is 8.45. The molecule has 0 N–H and O–H groups in total. The van der Waals surface area contributed by atoms with Crippen LogP contribution in [-0.4, -0.2) is 102 Å². The molecule has 1 aromatic carbocycles. The third-order valence-corrected chi connectivity index (χ3v) is 8.77. The number of likely N-dealkylation sites (tertiary alicyclic amines) is 1. The second-order valence-electron chi connectivity index (χ2n) is 12.7. The van der Waals surface area contributed by atoms with Gasteiger partial charge in [-0.25, -0.2) is 4.79 Å². The average Bonchev–Trinajstić information content (AvgIpc) is 3.45. The number of piperazine rings is 1. The smallest absolute Gasteiger partial charge is 0.410 e. The quantitative estimate of drug-likeness (QED) is 0.531. The van der Waals surface area contributed by atoms with Crippen LogP contribution in [0, 0.1) is 0 Å². The number of amides is 1. The highest BCUT2D eigenvalue weighted by Crippen LogP contribution is 2.37. The van der Waals surface area contributed by atoms with Crippen LogP contribution in [-0.2, 0) is 4.74 Å². The predicted octanol–water partition coefficient (Wildman–Crippen LogP) is 4.20. The summed E-state index contributed by atoms with van der Waals surface area (Å²) in [6.45, 7) is 12.6. The summed E-state index contributed by atoms with van der Waals surface area (Å²) in [6, 6.07) is 11.7. The molecule has 1 saturated carbocycles. The van der Waals surface area contributed by atoms with Crippen molar-refractivity contribution in [3.8, 4) is 11.6 Å². The van der Waals surface area contributed by atoms with Gasteiger partial charge in [0.15, 0.2) is 0 Å². The normalized spacial score (nSPS) is 25.4. The number of para-hydroxylation sites is 2. The number of anilines is 2. The number of benzene rings is 1. The first-order valence-electron chi connectivity index (χ1n) is 15.3. The molecule has 2 aromatic rings. The van der Waals surface area contributed by atoms with E-state index in [2.05, 4.69) is 49.2 Å². The summed E-state index contributed by atoms with van der Waals surface area (Å²) in [6.07, 6.45) is 7.16. The first kappa shape index (κ1) is 27.9. The minimum absolute atomic E-state index is 0.106. The van der Waals surface area contributed by atoms with Crippen molar-refractivity contribution >= 4 is 17.5 Å². The van der Waals surface area contributed by atoms with Crippen LogP contribution >= 0.6 is 0 Å². The van der Waals surface area contributed by atoms with E-state index in [-0.39, 0.29) is 12.2 Å². The number of carbonyl (C=O) groups is 1. The van der Waals surface area contributed by atoms with Crippen molar-refractivity contribution in [2.45, 2.75) is 76.7 Å². The van der Waals surface area contributed by atoms with Crippen LogP contribution in [0.5, 0.6) is 11.6 Å². The Morgan fingerprint density at radius 1 is 0.951 bits per heavy atom. The van der Waals surface area contributed by atoms with Gasteiger partial charge in [-0.15, -0.1) is 5.10 Å². The third kappa shape index (κ3) is 6.63. The molecule has 2 saturated heterocycles. The lowest BCUT2D eigenvalue weighted by atomic mass is 9.88. The molecule has 0 bridgehead atoms. The maximum Gasteiger partial charge on any atom is 0.410 e. The fourth-order valence-electron chi connectivity index (χ4n) is 6.71. The Morgan fingerprint density at radius 2 is 1.71 bits per heavy atom. The summed E-state index contributed by atoms with van der Waals surface area (Å²) < 4.78 is 17.5. The molecule has 10 heteroatoms. The summed E-state index contributed by atoms with van der Waals surface area (Å²) in [4.78, 5) is 21.8. The molecule has 0 spiro atoms. The maximum absolute atomic E-state index is 12.4. The molecule has 3 fully saturated rings. The zero-order chi connectivity index (χ0) is 28.4. The fraction of sp³-hybridized carbons (Fsp3) is 0.645. The lowest BCUT2D eigenvalue weighted by Gasteiger charge is -2.45. The summed E-state index contributed by atoms with van der Waals surface area (Å²) in [5.74, 6) is 1.55. The van der Waals surface area contributed by atoms with Gasteiger partial charge in [0.05, 0.1) is 30.7 Å². The Kier molecular flexibility index (Phi) is 8.10. The van der Waals surface area contributed by atoms with Crippen molar-refractivity contribution in [3.05, 3.63) is 36.5 Å². The van der Waals surface area contributed by atoms with Crippen LogP contribution in [0.25, 0.3) is 0 Å². The minimum atomic E-state index is -0.505. The molecule has 4 aliphatic rings. The first-order chi connectivity index (χ1) is 19.8. The van der Waals surface area contributed by atoms with Gasteiger partial charge < -0.3 is 28.9 Å². The van der Waals surface area contributed by atoms with Gasteiger partial charge in [0.2, 0.25) is 5.88 Å². The molecule has 41 heavy (non-hydrogen) atoms. The highest BCUT2D eigenvalue weighted by atomic mass is 16.6. The molecule has 1 atom stereocenters. The van der Waals surface area contributed by atoms with E-state index in [4.69, 9.17) is 14.2 Å². The van der Waals surface area contributed by atoms with E-state index in [1.54, 1.807) is 4.90 Å². The average molecular weight is 565 g/mol. The van der Waals surface area contributed by atoms with Crippen molar-refractivity contribution in [1.82, 2.24) is 20.0 Å². The van der Waals surface area contributed by atoms with Gasteiger partial charge >= 0.3 is 6.09 Å². The second kappa shape index (κ2) is 11.9. The standard InChI is InChI=1S/C31H44N6O4/c1-31(2,3)41-30(38)36-13-12-26(22-36)40-29-20-25(21-32-33-29)35-16-14-34(15-17-35)23-8-10-24(11-9-23)37-18-19-39-28-7-5-4-6-27(28)37/h4-7,20-21,23-24,26H,8-19,22H2,1-3H3/t23?,24?,26-/m1/s1. The van der Waals surface area contributed by atoms with Crippen LogP contribution in [0.2, 0.25) is 0 Å². The number of fused-ring (bicyclic) bond motifs is 1. The highest BCUT2D eigenvalue weighted by molar-refractivity contribution is 5.68. The Balaban J connectivity index is 0.967. The Bertz CT molecular complexity index is 1190. The monoisotopic (exact) mass is 564 g/mol. The van der Waals surface area contributed by atoms with Gasteiger partial charge in [-0.05, 0) is 58.6 Å². The van der Waals surface area contributed by atoms with E-state index >= 15 is 0 Å². The second-order valence-corrected chi connectivity index (χ2v) is 12.7. The Morgan fingerprint density at radius 3 is 2.49 bits per heavy atom. The van der Waals surface area contributed by atoms with Crippen LogP contribution < -0.4 is 19.3 Å². The molecule has 4 heterocycles. The number of hydrogen-bond acceptors (Lipinski definition) is 9. The van der Waals surface area contributed by atoms with Crippen molar-refractivity contribution in [2.24, 2.45) is 0 Å². The van der Waals surface area contributed by atoms with Crippen LogP contribution in [0.1, 0.15) is 52.9 Å². The van der Waals surface area contributed by atoms with E-state index in [0.29, 0.717) is 31.1 Å². The molecule has 10 nitrogen and oxygen atoms in total. The summed E-state index contributed by atoms with van der Waals surface area (Å²) in [5.41, 5.74) is 1.81. The molecular formula is C31H44N6O4. The molecular weight excluding hydrogens is 520 g/mol. The van der Waals surface area contributed by atoms with E-state index < -0.39 is 5.60 Å². The summed E-state index contributed by atoms with van der Waals surface area (Å²) in [7, 11) is 0. The number of aromatic nitrogens is 2. The zero-order valence-corrected chi connectivity index (χ0v) is 24.7. The SMILES string of the molecule is CC(C)(C)OC(=O)N1CC[C@@H](Oc2cc(N3CCN(C4CCC(N5CCOc6ccccc65)CC4)CC3)cnn2)C1. The predicted molar refractivity (Wildman–Crippen MR) is 158 cm³/mol. The third-order valence-electron chi connectivity index (χ3n) is 8.77. The van der Waals surface area contributed by atoms with Gasteiger partial charge in [-0.2, -0.15) is 5.10 Å². The number of ether oxygens (including phenoxy) is 3. The van der Waals surface area contributed by atoms with Crippen LogP contribution in [0.3, 0.4) is 0 Å². The molecule has 0 unspecified atom stereocenters. The van der Waals surface area contributed by atoms with E-state index in [9.17, 15) is 4.79 Å². The molecule has 1 aliphatic carbocycles. The number of carbonyl (C=O) groups excluding carboxylic acids is 1. The number of rotatable bonds is 5. The molecule has 0 radical (unpaired) electrons. The highest BCUT2D eigenvalue weighted by Gasteiger charge is 2.34. The molecule has 3 aliphatic heterocycles. The lowest BCUT2D eigenvalue weighted by Crippen LogP contribution is -2.53. The molecule has 222 valence electrons. The van der Waals surface area contributed by atoms with Gasteiger partial charge in [-0.3, -0.25) is 4.90 Å². The van der Waals surface area contributed by atoms with Crippen molar-refractivity contribution in [2.75, 3.05) is 62.2 Å². The van der Waals surface area contributed by atoms with Gasteiger partial charge in [0.1, 0.15) is 24.1 Å². The largest absolute Gasteiger partial charge is 0.490 e.